The van der Waals surface area contributed by atoms with Crippen LogP contribution in [0.3, 0.4) is 0 Å². The number of hydrogen-bond acceptors (Lipinski definition) is 5. The van der Waals surface area contributed by atoms with Gasteiger partial charge in [-0.05, 0) is 36.1 Å². The predicted octanol–water partition coefficient (Wildman–Crippen LogP) is 4.21. The van der Waals surface area contributed by atoms with Crippen LogP contribution in [0.15, 0.2) is 18.5 Å². The van der Waals surface area contributed by atoms with Crippen LogP contribution in [-0.2, 0) is 0 Å². The molecule has 0 spiro atoms. The van der Waals surface area contributed by atoms with E-state index < -0.39 is 0 Å². The van der Waals surface area contributed by atoms with Gasteiger partial charge in [-0.25, -0.2) is 9.97 Å². The van der Waals surface area contributed by atoms with Gasteiger partial charge in [0.25, 0.3) is 0 Å². The van der Waals surface area contributed by atoms with Crippen molar-refractivity contribution >= 4 is 34.1 Å². The minimum Gasteiger partial charge on any atom is -0.474 e. The fraction of sp³-hybridized carbons (Fsp3) is 0.529. The van der Waals surface area contributed by atoms with Crippen molar-refractivity contribution in [3.63, 3.8) is 0 Å². The van der Waals surface area contributed by atoms with Gasteiger partial charge in [0.05, 0.1) is 5.39 Å². The van der Waals surface area contributed by atoms with E-state index in [4.69, 9.17) is 22.1 Å². The standard InChI is InChI=1S/C17H22ClN3OS/c1-4-13(19)11-7-21-17(12-8-20-16(18)5-10(11)12)22-14-6-15(23-3)9(14)2/h5,7-9,13-15H,4,6,19H2,1-3H3/t9?,13?,14-,15+/m1/s1. The largest absolute Gasteiger partial charge is 0.474 e. The zero-order chi connectivity index (χ0) is 16.6. The lowest BCUT2D eigenvalue weighted by molar-refractivity contribution is 0.0622. The molecule has 23 heavy (non-hydrogen) atoms. The summed E-state index contributed by atoms with van der Waals surface area (Å²) in [5, 5.41) is 3.00. The molecular formula is C17H22ClN3OS. The van der Waals surface area contributed by atoms with E-state index in [0.717, 1.165) is 29.2 Å². The number of rotatable bonds is 5. The molecule has 2 aromatic heterocycles. The first-order valence-electron chi connectivity index (χ1n) is 7.94. The number of pyridine rings is 2. The lowest BCUT2D eigenvalue weighted by Gasteiger charge is -2.41. The number of nitrogens with two attached hydrogens (primary N) is 1. The normalized spacial score (nSPS) is 25.2. The van der Waals surface area contributed by atoms with Gasteiger partial charge in [0, 0.05) is 29.6 Å². The van der Waals surface area contributed by atoms with E-state index in [1.807, 2.05) is 24.0 Å². The minimum absolute atomic E-state index is 0.0685. The summed E-state index contributed by atoms with van der Waals surface area (Å²) in [6.07, 6.45) is 7.82. The van der Waals surface area contributed by atoms with Crippen LogP contribution >= 0.6 is 23.4 Å². The van der Waals surface area contributed by atoms with Crippen LogP contribution in [0.2, 0.25) is 5.15 Å². The van der Waals surface area contributed by atoms with Gasteiger partial charge in [-0.2, -0.15) is 11.8 Å². The number of thioether (sulfide) groups is 1. The van der Waals surface area contributed by atoms with Crippen molar-refractivity contribution in [3.8, 4) is 5.88 Å². The molecule has 6 heteroatoms. The van der Waals surface area contributed by atoms with Gasteiger partial charge in [0.15, 0.2) is 0 Å². The van der Waals surface area contributed by atoms with Gasteiger partial charge >= 0.3 is 0 Å². The third-order valence-electron chi connectivity index (χ3n) is 4.78. The molecule has 2 N–H and O–H groups in total. The van der Waals surface area contributed by atoms with E-state index in [2.05, 4.69) is 30.1 Å². The topological polar surface area (TPSA) is 61.0 Å². The number of fused-ring (bicyclic) bond motifs is 1. The average Bonchev–Trinajstić information content (AvgIpc) is 2.56. The maximum Gasteiger partial charge on any atom is 0.223 e. The molecule has 2 aromatic rings. The van der Waals surface area contributed by atoms with Crippen LogP contribution < -0.4 is 10.5 Å². The molecule has 3 rings (SSSR count). The van der Waals surface area contributed by atoms with Crippen molar-refractivity contribution < 1.29 is 4.74 Å². The molecule has 2 heterocycles. The Morgan fingerprint density at radius 2 is 2.17 bits per heavy atom. The summed E-state index contributed by atoms with van der Waals surface area (Å²) in [6, 6.07) is 1.78. The van der Waals surface area contributed by atoms with E-state index >= 15 is 0 Å². The number of nitrogens with zero attached hydrogens (tertiary/aromatic N) is 2. The Hall–Kier alpha value is -1.04. The van der Waals surface area contributed by atoms with Crippen LogP contribution in [-0.4, -0.2) is 27.6 Å². The molecule has 2 unspecified atom stereocenters. The maximum absolute atomic E-state index is 6.21. The predicted molar refractivity (Wildman–Crippen MR) is 97.3 cm³/mol. The fourth-order valence-corrected chi connectivity index (χ4v) is 4.17. The molecule has 4 atom stereocenters. The maximum atomic E-state index is 6.21. The molecule has 0 bridgehead atoms. The SMILES string of the molecule is CCC(N)c1cnc(O[C@@H]2C[C@H](SC)C2C)c2cnc(Cl)cc12. The van der Waals surface area contributed by atoms with Crippen molar-refractivity contribution in [2.45, 2.75) is 44.1 Å². The van der Waals surface area contributed by atoms with E-state index in [1.54, 1.807) is 6.20 Å². The lowest BCUT2D eigenvalue weighted by Crippen LogP contribution is -2.45. The summed E-state index contributed by atoms with van der Waals surface area (Å²) < 4.78 is 6.17. The summed E-state index contributed by atoms with van der Waals surface area (Å²) in [7, 11) is 0. The highest BCUT2D eigenvalue weighted by atomic mass is 35.5. The fourth-order valence-electron chi connectivity index (χ4n) is 3.03. The lowest BCUT2D eigenvalue weighted by atomic mass is 9.83. The first-order chi connectivity index (χ1) is 11.0. The average molecular weight is 352 g/mol. The van der Waals surface area contributed by atoms with Crippen LogP contribution in [0.1, 0.15) is 38.3 Å². The molecule has 1 aliphatic rings. The Kier molecular flexibility index (Phi) is 4.99. The van der Waals surface area contributed by atoms with E-state index in [9.17, 15) is 0 Å². The first-order valence-corrected chi connectivity index (χ1v) is 9.60. The van der Waals surface area contributed by atoms with Crippen LogP contribution in [0, 0.1) is 5.92 Å². The van der Waals surface area contributed by atoms with E-state index in [-0.39, 0.29) is 12.1 Å². The zero-order valence-corrected chi connectivity index (χ0v) is 15.2. The molecule has 0 radical (unpaired) electrons. The van der Waals surface area contributed by atoms with Crippen molar-refractivity contribution in [3.05, 3.63) is 29.2 Å². The summed E-state index contributed by atoms with van der Waals surface area (Å²) in [4.78, 5) is 8.72. The van der Waals surface area contributed by atoms with Gasteiger partial charge in [-0.15, -0.1) is 0 Å². The van der Waals surface area contributed by atoms with Crippen molar-refractivity contribution in [2.75, 3.05) is 6.26 Å². The third kappa shape index (κ3) is 3.14. The molecule has 1 saturated carbocycles. The van der Waals surface area contributed by atoms with Gasteiger partial charge in [-0.3, -0.25) is 0 Å². The third-order valence-corrected chi connectivity index (χ3v) is 6.21. The van der Waals surface area contributed by atoms with Gasteiger partial charge in [-0.1, -0.05) is 25.4 Å². The molecule has 0 saturated heterocycles. The molecule has 0 aromatic carbocycles. The summed E-state index contributed by atoms with van der Waals surface area (Å²) in [5.41, 5.74) is 7.20. The number of ether oxygens (including phenoxy) is 1. The minimum atomic E-state index is -0.0685. The molecule has 4 nitrogen and oxygen atoms in total. The van der Waals surface area contributed by atoms with Gasteiger partial charge in [0.1, 0.15) is 11.3 Å². The quantitative estimate of drug-likeness (QED) is 0.817. The monoisotopic (exact) mass is 351 g/mol. The summed E-state index contributed by atoms with van der Waals surface area (Å²) >= 11 is 7.98. The zero-order valence-electron chi connectivity index (χ0n) is 13.6. The second-order valence-corrected chi connectivity index (χ2v) is 7.58. The molecule has 1 fully saturated rings. The first kappa shape index (κ1) is 16.8. The van der Waals surface area contributed by atoms with Crippen LogP contribution in [0.4, 0.5) is 0 Å². The Balaban J connectivity index is 1.96. The van der Waals surface area contributed by atoms with Gasteiger partial charge in [0.2, 0.25) is 5.88 Å². The number of aromatic nitrogens is 2. The van der Waals surface area contributed by atoms with E-state index in [1.165, 1.54) is 0 Å². The highest BCUT2D eigenvalue weighted by Gasteiger charge is 2.39. The van der Waals surface area contributed by atoms with Crippen molar-refractivity contribution in [2.24, 2.45) is 11.7 Å². The molecular weight excluding hydrogens is 330 g/mol. The number of halogens is 1. The second-order valence-electron chi connectivity index (χ2n) is 6.11. The molecule has 0 aliphatic heterocycles. The van der Waals surface area contributed by atoms with Crippen LogP contribution in [0.25, 0.3) is 10.8 Å². The molecule has 124 valence electrons. The molecule has 0 amide bonds. The Morgan fingerprint density at radius 1 is 1.39 bits per heavy atom. The highest BCUT2D eigenvalue weighted by molar-refractivity contribution is 7.99. The Bertz CT molecular complexity index is 712. The summed E-state index contributed by atoms with van der Waals surface area (Å²) in [6.45, 7) is 4.29. The Labute approximate surface area is 146 Å². The van der Waals surface area contributed by atoms with Crippen molar-refractivity contribution in [1.82, 2.24) is 9.97 Å². The Morgan fingerprint density at radius 3 is 2.83 bits per heavy atom. The highest BCUT2D eigenvalue weighted by Crippen LogP contribution is 2.40. The van der Waals surface area contributed by atoms with Crippen molar-refractivity contribution in [1.29, 1.82) is 0 Å². The molecule has 1 aliphatic carbocycles. The number of hydrogen-bond donors (Lipinski definition) is 1. The summed E-state index contributed by atoms with van der Waals surface area (Å²) in [5.74, 6) is 1.16. The van der Waals surface area contributed by atoms with Crippen LogP contribution in [0.5, 0.6) is 5.88 Å². The van der Waals surface area contributed by atoms with Gasteiger partial charge < -0.3 is 10.5 Å². The smallest absolute Gasteiger partial charge is 0.223 e. The second kappa shape index (κ2) is 6.83. The van der Waals surface area contributed by atoms with E-state index in [0.29, 0.717) is 22.2 Å².